The highest BCUT2D eigenvalue weighted by atomic mass is 16.5. The SMILES string of the molecule is COc1ccccc1NC(=O)C1CC(=O)N(C2CCCC2)C1. The van der Waals surface area contributed by atoms with E-state index in [4.69, 9.17) is 4.74 Å². The minimum Gasteiger partial charge on any atom is -0.495 e. The average Bonchev–Trinajstić information content (AvgIpc) is 3.16. The molecule has 1 aliphatic heterocycles. The highest BCUT2D eigenvalue weighted by Gasteiger charge is 2.38. The molecule has 1 aromatic carbocycles. The number of carbonyl (C=O) groups excluding carboxylic acids is 2. The van der Waals surface area contributed by atoms with Gasteiger partial charge in [-0.05, 0) is 25.0 Å². The third-order valence-electron chi connectivity index (χ3n) is 4.66. The van der Waals surface area contributed by atoms with Gasteiger partial charge in [-0.3, -0.25) is 9.59 Å². The van der Waals surface area contributed by atoms with Crippen molar-refractivity contribution in [2.45, 2.75) is 38.1 Å². The van der Waals surface area contributed by atoms with E-state index >= 15 is 0 Å². The molecule has 0 aromatic heterocycles. The van der Waals surface area contributed by atoms with Gasteiger partial charge in [0.25, 0.3) is 0 Å². The fraction of sp³-hybridized carbons (Fsp3) is 0.529. The first kappa shape index (κ1) is 14.9. The number of likely N-dealkylation sites (tertiary alicyclic amines) is 1. The maximum absolute atomic E-state index is 12.4. The standard InChI is InChI=1S/C17H22N2O3/c1-22-15-9-5-4-8-14(15)18-17(21)12-10-16(20)19(11-12)13-6-2-3-7-13/h4-5,8-9,12-13H,2-3,6-7,10-11H2,1H3,(H,18,21). The lowest BCUT2D eigenvalue weighted by Gasteiger charge is -2.23. The molecule has 0 radical (unpaired) electrons. The van der Waals surface area contributed by atoms with Gasteiger partial charge in [0, 0.05) is 19.0 Å². The Labute approximate surface area is 130 Å². The van der Waals surface area contributed by atoms with Crippen LogP contribution in [0.15, 0.2) is 24.3 Å². The van der Waals surface area contributed by atoms with Gasteiger partial charge in [0.2, 0.25) is 11.8 Å². The lowest BCUT2D eigenvalue weighted by molar-refractivity contribution is -0.129. The predicted molar refractivity (Wildman–Crippen MR) is 83.7 cm³/mol. The van der Waals surface area contributed by atoms with Gasteiger partial charge in [-0.1, -0.05) is 25.0 Å². The summed E-state index contributed by atoms with van der Waals surface area (Å²) in [6.45, 7) is 0.546. The number of anilines is 1. The number of hydrogen-bond acceptors (Lipinski definition) is 3. The molecular weight excluding hydrogens is 280 g/mol. The first-order valence-corrected chi connectivity index (χ1v) is 7.92. The van der Waals surface area contributed by atoms with Gasteiger partial charge < -0.3 is 15.0 Å². The molecule has 22 heavy (non-hydrogen) atoms. The van der Waals surface area contributed by atoms with Gasteiger partial charge in [-0.25, -0.2) is 0 Å². The van der Waals surface area contributed by atoms with E-state index in [9.17, 15) is 9.59 Å². The van der Waals surface area contributed by atoms with E-state index in [2.05, 4.69) is 5.32 Å². The van der Waals surface area contributed by atoms with Crippen LogP contribution in [0.25, 0.3) is 0 Å². The average molecular weight is 302 g/mol. The molecule has 2 amide bonds. The molecule has 0 spiro atoms. The van der Waals surface area contributed by atoms with Crippen molar-refractivity contribution in [1.82, 2.24) is 4.90 Å². The molecule has 1 aliphatic carbocycles. The van der Waals surface area contributed by atoms with Crippen LogP contribution in [-0.2, 0) is 9.59 Å². The second-order valence-corrected chi connectivity index (χ2v) is 6.07. The van der Waals surface area contributed by atoms with Crippen LogP contribution in [0.1, 0.15) is 32.1 Å². The molecule has 118 valence electrons. The number of rotatable bonds is 4. The zero-order chi connectivity index (χ0) is 15.5. The molecule has 1 aromatic rings. The number of ether oxygens (including phenoxy) is 1. The number of para-hydroxylation sites is 2. The first-order valence-electron chi connectivity index (χ1n) is 7.92. The predicted octanol–water partition coefficient (Wildman–Crippen LogP) is 2.42. The molecule has 1 N–H and O–H groups in total. The molecule has 1 atom stereocenters. The maximum atomic E-state index is 12.4. The molecule has 1 saturated carbocycles. The van der Waals surface area contributed by atoms with Crippen molar-refractivity contribution >= 4 is 17.5 Å². The van der Waals surface area contributed by atoms with Crippen LogP contribution in [-0.4, -0.2) is 36.4 Å². The Morgan fingerprint density at radius 2 is 2.00 bits per heavy atom. The second kappa shape index (κ2) is 6.38. The quantitative estimate of drug-likeness (QED) is 0.929. The van der Waals surface area contributed by atoms with E-state index < -0.39 is 0 Å². The summed E-state index contributed by atoms with van der Waals surface area (Å²) < 4.78 is 5.24. The van der Waals surface area contributed by atoms with Gasteiger partial charge >= 0.3 is 0 Å². The van der Waals surface area contributed by atoms with E-state index in [1.165, 1.54) is 12.8 Å². The summed E-state index contributed by atoms with van der Waals surface area (Å²) in [5.74, 6) is 0.385. The Kier molecular flexibility index (Phi) is 4.32. The number of amides is 2. The maximum Gasteiger partial charge on any atom is 0.229 e. The lowest BCUT2D eigenvalue weighted by Crippen LogP contribution is -2.35. The fourth-order valence-corrected chi connectivity index (χ4v) is 3.46. The number of methoxy groups -OCH3 is 1. The largest absolute Gasteiger partial charge is 0.495 e. The summed E-state index contributed by atoms with van der Waals surface area (Å²) in [5, 5.41) is 2.89. The number of benzene rings is 1. The Morgan fingerprint density at radius 3 is 2.73 bits per heavy atom. The molecule has 1 heterocycles. The zero-order valence-electron chi connectivity index (χ0n) is 12.9. The molecule has 2 aliphatic rings. The van der Waals surface area contributed by atoms with Crippen LogP contribution in [0.5, 0.6) is 5.75 Å². The molecule has 3 rings (SSSR count). The van der Waals surface area contributed by atoms with Gasteiger partial charge in [0.05, 0.1) is 18.7 Å². The topological polar surface area (TPSA) is 58.6 Å². The lowest BCUT2D eigenvalue weighted by atomic mass is 10.1. The van der Waals surface area contributed by atoms with Gasteiger partial charge in [-0.2, -0.15) is 0 Å². The number of nitrogens with zero attached hydrogens (tertiary/aromatic N) is 1. The Hall–Kier alpha value is -2.04. The molecule has 5 nitrogen and oxygen atoms in total. The Bertz CT molecular complexity index is 567. The summed E-state index contributed by atoms with van der Waals surface area (Å²) >= 11 is 0. The summed E-state index contributed by atoms with van der Waals surface area (Å²) in [5.41, 5.74) is 0.654. The van der Waals surface area contributed by atoms with Gasteiger partial charge in [-0.15, -0.1) is 0 Å². The molecule has 1 saturated heterocycles. The van der Waals surface area contributed by atoms with E-state index in [0.29, 0.717) is 30.4 Å². The number of carbonyl (C=O) groups is 2. The van der Waals surface area contributed by atoms with Crippen molar-refractivity contribution < 1.29 is 14.3 Å². The van der Waals surface area contributed by atoms with Crippen molar-refractivity contribution in [2.24, 2.45) is 5.92 Å². The first-order chi connectivity index (χ1) is 10.7. The third-order valence-corrected chi connectivity index (χ3v) is 4.66. The highest BCUT2D eigenvalue weighted by Crippen LogP contribution is 2.30. The van der Waals surface area contributed by atoms with Crippen LogP contribution < -0.4 is 10.1 Å². The van der Waals surface area contributed by atoms with E-state index in [1.807, 2.05) is 23.1 Å². The monoisotopic (exact) mass is 302 g/mol. The Balaban J connectivity index is 1.64. The van der Waals surface area contributed by atoms with Crippen LogP contribution in [0.3, 0.4) is 0 Å². The molecule has 0 bridgehead atoms. The van der Waals surface area contributed by atoms with Gasteiger partial charge in [0.1, 0.15) is 5.75 Å². The summed E-state index contributed by atoms with van der Waals surface area (Å²) in [7, 11) is 1.58. The molecule has 5 heteroatoms. The van der Waals surface area contributed by atoms with Crippen molar-refractivity contribution in [3.8, 4) is 5.75 Å². The van der Waals surface area contributed by atoms with E-state index in [-0.39, 0.29) is 17.7 Å². The van der Waals surface area contributed by atoms with Crippen molar-refractivity contribution in [3.63, 3.8) is 0 Å². The molecular formula is C17H22N2O3. The third kappa shape index (κ3) is 2.93. The number of nitrogens with one attached hydrogen (secondary N) is 1. The molecule has 2 fully saturated rings. The van der Waals surface area contributed by atoms with E-state index in [1.54, 1.807) is 13.2 Å². The second-order valence-electron chi connectivity index (χ2n) is 6.07. The number of hydrogen-bond donors (Lipinski definition) is 1. The summed E-state index contributed by atoms with van der Waals surface area (Å²) in [4.78, 5) is 26.5. The highest BCUT2D eigenvalue weighted by molar-refractivity contribution is 5.98. The smallest absolute Gasteiger partial charge is 0.229 e. The minimum absolute atomic E-state index is 0.0988. The van der Waals surface area contributed by atoms with Gasteiger partial charge in [0.15, 0.2) is 0 Å². The summed E-state index contributed by atoms with van der Waals surface area (Å²) in [6, 6.07) is 7.66. The minimum atomic E-state index is -0.266. The van der Waals surface area contributed by atoms with Crippen LogP contribution in [0.2, 0.25) is 0 Å². The summed E-state index contributed by atoms with van der Waals surface area (Å²) in [6.07, 6.45) is 4.84. The van der Waals surface area contributed by atoms with E-state index in [0.717, 1.165) is 12.8 Å². The molecule has 1 unspecified atom stereocenters. The normalized spacial score (nSPS) is 22.1. The van der Waals surface area contributed by atoms with Crippen molar-refractivity contribution in [1.29, 1.82) is 0 Å². The van der Waals surface area contributed by atoms with Crippen LogP contribution in [0, 0.1) is 5.92 Å². The van der Waals surface area contributed by atoms with Crippen LogP contribution >= 0.6 is 0 Å². The van der Waals surface area contributed by atoms with Crippen molar-refractivity contribution in [2.75, 3.05) is 19.0 Å². The zero-order valence-corrected chi connectivity index (χ0v) is 12.9. The van der Waals surface area contributed by atoms with Crippen LogP contribution in [0.4, 0.5) is 5.69 Å². The van der Waals surface area contributed by atoms with Crippen molar-refractivity contribution in [3.05, 3.63) is 24.3 Å². The fourth-order valence-electron chi connectivity index (χ4n) is 3.46. The Morgan fingerprint density at radius 1 is 1.27 bits per heavy atom.